The lowest BCUT2D eigenvalue weighted by molar-refractivity contribution is -0.125. The highest BCUT2D eigenvalue weighted by molar-refractivity contribution is 6.39. The Balaban J connectivity index is 1.45. The maximum atomic E-state index is 13.8. The number of nitrogens with zero attached hydrogens (tertiary/aromatic N) is 4. The fraction of sp³-hybridized carbons (Fsp3) is 0.214. The summed E-state index contributed by atoms with van der Waals surface area (Å²) in [5.74, 6) is 0.212. The molecular weight excluding hydrogens is 454 g/mol. The van der Waals surface area contributed by atoms with Gasteiger partial charge in [0.25, 0.3) is 11.5 Å². The number of aromatic nitrogens is 2. The molecular formula is C28H27N5O3. The number of para-hydroxylation sites is 2. The average molecular weight is 482 g/mol. The Morgan fingerprint density at radius 1 is 1.03 bits per heavy atom. The van der Waals surface area contributed by atoms with E-state index < -0.39 is 0 Å². The number of benzene rings is 3. The molecule has 4 aromatic rings. The van der Waals surface area contributed by atoms with E-state index in [1.807, 2.05) is 59.6 Å². The van der Waals surface area contributed by atoms with Crippen LogP contribution in [0.4, 0.5) is 5.69 Å². The molecule has 1 aliphatic heterocycles. The van der Waals surface area contributed by atoms with Gasteiger partial charge in [-0.15, -0.1) is 0 Å². The molecule has 1 aliphatic rings. The monoisotopic (exact) mass is 481 g/mol. The molecule has 8 nitrogen and oxygen atoms in total. The van der Waals surface area contributed by atoms with Crippen LogP contribution >= 0.6 is 0 Å². The van der Waals surface area contributed by atoms with Gasteiger partial charge in [-0.05, 0) is 29.8 Å². The normalized spacial score (nSPS) is 15.2. The van der Waals surface area contributed by atoms with Gasteiger partial charge in [0.15, 0.2) is 0 Å². The van der Waals surface area contributed by atoms with E-state index in [1.165, 1.54) is 0 Å². The number of hydrogen-bond acceptors (Lipinski definition) is 6. The van der Waals surface area contributed by atoms with Crippen molar-refractivity contribution in [3.63, 3.8) is 0 Å². The number of aromatic amines is 1. The number of ether oxygens (including phenoxy) is 1. The van der Waals surface area contributed by atoms with Gasteiger partial charge >= 0.3 is 0 Å². The van der Waals surface area contributed by atoms with Crippen LogP contribution in [0.1, 0.15) is 23.9 Å². The first kappa shape index (κ1) is 23.4. The number of H-pyrrole nitrogens is 1. The maximum absolute atomic E-state index is 13.8. The predicted molar refractivity (Wildman–Crippen MR) is 140 cm³/mol. The lowest BCUT2D eigenvalue weighted by Gasteiger charge is -2.23. The summed E-state index contributed by atoms with van der Waals surface area (Å²) in [6.45, 7) is 0.830. The highest BCUT2D eigenvalue weighted by Crippen LogP contribution is 2.35. The molecule has 182 valence electrons. The third-order valence-corrected chi connectivity index (χ3v) is 6.22. The number of amides is 1. The molecule has 3 aromatic carbocycles. The lowest BCUT2D eigenvalue weighted by atomic mass is 10.0. The largest absolute Gasteiger partial charge is 0.383 e. The van der Waals surface area contributed by atoms with E-state index in [9.17, 15) is 9.59 Å². The van der Waals surface area contributed by atoms with Crippen molar-refractivity contribution >= 4 is 28.2 Å². The van der Waals surface area contributed by atoms with E-state index >= 15 is 0 Å². The second-order valence-electron chi connectivity index (χ2n) is 8.61. The Bertz CT molecular complexity index is 1440. The molecule has 1 unspecified atom stereocenters. The molecule has 8 heteroatoms. The number of carbonyl (C=O) groups excluding carboxylic acids is 1. The van der Waals surface area contributed by atoms with E-state index in [0.29, 0.717) is 42.0 Å². The fourth-order valence-corrected chi connectivity index (χ4v) is 4.42. The first-order valence-corrected chi connectivity index (χ1v) is 11.9. The quantitative estimate of drug-likeness (QED) is 0.412. The van der Waals surface area contributed by atoms with Gasteiger partial charge in [0.2, 0.25) is 0 Å². The zero-order valence-electron chi connectivity index (χ0n) is 20.0. The van der Waals surface area contributed by atoms with Crippen LogP contribution in [0, 0.1) is 0 Å². The van der Waals surface area contributed by atoms with Crippen molar-refractivity contribution in [1.29, 1.82) is 0 Å². The van der Waals surface area contributed by atoms with Crippen LogP contribution in [0.5, 0.6) is 0 Å². The number of anilines is 1. The maximum Gasteiger partial charge on any atom is 0.270 e. The molecule has 0 spiro atoms. The second kappa shape index (κ2) is 10.5. The van der Waals surface area contributed by atoms with Gasteiger partial charge in [-0.2, -0.15) is 5.10 Å². The number of hydrazone groups is 1. The van der Waals surface area contributed by atoms with Crippen LogP contribution in [0.25, 0.3) is 10.9 Å². The summed E-state index contributed by atoms with van der Waals surface area (Å²) >= 11 is 0. The third-order valence-electron chi connectivity index (χ3n) is 6.22. The highest BCUT2D eigenvalue weighted by Gasteiger charge is 2.34. The summed E-state index contributed by atoms with van der Waals surface area (Å²) < 4.78 is 5.26. The van der Waals surface area contributed by atoms with Crippen molar-refractivity contribution in [3.05, 3.63) is 107 Å². The fourth-order valence-electron chi connectivity index (χ4n) is 4.42. The minimum atomic E-state index is -0.229. The summed E-state index contributed by atoms with van der Waals surface area (Å²) in [4.78, 5) is 35.3. The van der Waals surface area contributed by atoms with Crippen molar-refractivity contribution in [1.82, 2.24) is 14.9 Å². The molecule has 1 amide bonds. The van der Waals surface area contributed by atoms with E-state index in [0.717, 1.165) is 11.3 Å². The molecule has 5 rings (SSSR count). The highest BCUT2D eigenvalue weighted by atomic mass is 16.5. The van der Waals surface area contributed by atoms with Gasteiger partial charge in [0, 0.05) is 20.1 Å². The summed E-state index contributed by atoms with van der Waals surface area (Å²) in [6.07, 6.45) is 0.461. The van der Waals surface area contributed by atoms with Crippen LogP contribution in [-0.4, -0.2) is 46.7 Å². The molecule has 0 bridgehead atoms. The standard InChI is InChI=1S/C28H27N5O3/c1-36-17-16-32(19-26-29-23-15-9-8-14-22(23)27(34)30-26)28(35)24-18-25(20-10-4-2-5-11-20)33(31-24)21-12-6-3-7-13-21/h2-15,25H,16-19H2,1H3,(H,29,30,34). The number of rotatable bonds is 8. The van der Waals surface area contributed by atoms with Gasteiger partial charge in [-0.25, -0.2) is 4.98 Å². The van der Waals surface area contributed by atoms with Crippen molar-refractivity contribution < 1.29 is 9.53 Å². The topological polar surface area (TPSA) is 90.9 Å². The van der Waals surface area contributed by atoms with Gasteiger partial charge in [-0.1, -0.05) is 60.7 Å². The molecule has 2 heterocycles. The number of hydrogen-bond donors (Lipinski definition) is 1. The van der Waals surface area contributed by atoms with Crippen LogP contribution in [0.2, 0.25) is 0 Å². The Labute approximate surface area is 208 Å². The Hall–Kier alpha value is -4.30. The summed E-state index contributed by atoms with van der Waals surface area (Å²) in [5.41, 5.74) is 2.81. The molecule has 1 N–H and O–H groups in total. The molecule has 0 saturated carbocycles. The minimum absolute atomic E-state index is 0.101. The molecule has 1 aromatic heterocycles. The summed E-state index contributed by atoms with van der Waals surface area (Å²) in [7, 11) is 1.59. The molecule has 0 fully saturated rings. The van der Waals surface area contributed by atoms with Crippen molar-refractivity contribution in [3.8, 4) is 0 Å². The molecule has 0 radical (unpaired) electrons. The van der Waals surface area contributed by atoms with Crippen LogP contribution in [0.3, 0.4) is 0 Å². The van der Waals surface area contributed by atoms with Crippen molar-refractivity contribution in [2.24, 2.45) is 5.10 Å². The zero-order valence-corrected chi connectivity index (χ0v) is 20.0. The molecule has 1 atom stereocenters. The van der Waals surface area contributed by atoms with Crippen LogP contribution < -0.4 is 10.6 Å². The number of fused-ring (bicyclic) bond motifs is 1. The summed E-state index contributed by atoms with van der Waals surface area (Å²) in [5, 5.41) is 7.20. The Morgan fingerprint density at radius 2 is 1.72 bits per heavy atom. The summed E-state index contributed by atoms with van der Waals surface area (Å²) in [6, 6.07) is 27.0. The van der Waals surface area contributed by atoms with Crippen LogP contribution in [0.15, 0.2) is 94.8 Å². The molecule has 36 heavy (non-hydrogen) atoms. The number of methoxy groups -OCH3 is 1. The van der Waals surface area contributed by atoms with Crippen LogP contribution in [-0.2, 0) is 16.1 Å². The lowest BCUT2D eigenvalue weighted by Crippen LogP contribution is -2.38. The van der Waals surface area contributed by atoms with Gasteiger partial charge < -0.3 is 14.6 Å². The van der Waals surface area contributed by atoms with Gasteiger partial charge in [0.05, 0.1) is 35.8 Å². The smallest absolute Gasteiger partial charge is 0.270 e. The van der Waals surface area contributed by atoms with Crippen molar-refractivity contribution in [2.75, 3.05) is 25.3 Å². The third kappa shape index (κ3) is 4.89. The Morgan fingerprint density at radius 3 is 2.47 bits per heavy atom. The molecule has 0 aliphatic carbocycles. The first-order valence-electron chi connectivity index (χ1n) is 11.9. The number of nitrogens with one attached hydrogen (secondary N) is 1. The SMILES string of the molecule is COCCN(Cc1nc2ccccc2c(=O)[nH]1)C(=O)C1=NN(c2ccccc2)C(c2ccccc2)C1. The second-order valence-corrected chi connectivity index (χ2v) is 8.61. The van der Waals surface area contributed by atoms with Gasteiger partial charge in [0.1, 0.15) is 11.5 Å². The van der Waals surface area contributed by atoms with Crippen molar-refractivity contribution in [2.45, 2.75) is 19.0 Å². The molecule has 0 saturated heterocycles. The van der Waals surface area contributed by atoms with E-state index in [-0.39, 0.29) is 24.1 Å². The van der Waals surface area contributed by atoms with E-state index in [2.05, 4.69) is 22.1 Å². The Kier molecular flexibility index (Phi) is 6.86. The minimum Gasteiger partial charge on any atom is -0.383 e. The zero-order chi connectivity index (χ0) is 24.9. The average Bonchev–Trinajstić information content (AvgIpc) is 3.37. The van der Waals surface area contributed by atoms with E-state index in [1.54, 1.807) is 30.2 Å². The van der Waals surface area contributed by atoms with Gasteiger partial charge in [-0.3, -0.25) is 14.6 Å². The number of carbonyl (C=O) groups is 1. The van der Waals surface area contributed by atoms with E-state index in [4.69, 9.17) is 9.84 Å². The first-order chi connectivity index (χ1) is 17.6. The predicted octanol–water partition coefficient (Wildman–Crippen LogP) is 3.91.